The minimum absolute atomic E-state index is 0.153. The molecule has 1 heterocycles. The van der Waals surface area contributed by atoms with Crippen LogP contribution in [-0.4, -0.2) is 43.2 Å². The molecule has 4 aromatic carbocycles. The number of rotatable bonds is 7. The van der Waals surface area contributed by atoms with Gasteiger partial charge in [-0.2, -0.15) is 0 Å². The largest absolute Gasteiger partial charge is 0.493 e. The van der Waals surface area contributed by atoms with Crippen LogP contribution in [0.4, 0.5) is 5.69 Å². The van der Waals surface area contributed by atoms with Crippen LogP contribution in [0, 0.1) is 3.57 Å². The lowest BCUT2D eigenvalue weighted by Crippen LogP contribution is -2.23. The van der Waals surface area contributed by atoms with Crippen molar-refractivity contribution in [1.29, 1.82) is 0 Å². The molecule has 0 aromatic heterocycles. The Balaban J connectivity index is 1.36. The normalized spacial score (nSPS) is 15.2. The van der Waals surface area contributed by atoms with Crippen molar-refractivity contribution >= 4 is 73.9 Å². The molecule has 9 heteroatoms. The van der Waals surface area contributed by atoms with E-state index in [0.29, 0.717) is 39.4 Å². The minimum atomic E-state index is -0.415. The van der Waals surface area contributed by atoms with Crippen molar-refractivity contribution < 1.29 is 23.8 Å². The number of ether oxygens (including phenoxy) is 3. The number of methoxy groups -OCH3 is 2. The number of amidine groups is 1. The van der Waals surface area contributed by atoms with E-state index in [-0.39, 0.29) is 5.91 Å². The van der Waals surface area contributed by atoms with Crippen LogP contribution in [0.25, 0.3) is 16.8 Å². The maximum absolute atomic E-state index is 13.0. The second-order valence-corrected chi connectivity index (χ2v) is 11.0. The first-order valence-electron chi connectivity index (χ1n) is 12.3. The summed E-state index contributed by atoms with van der Waals surface area (Å²) in [4.78, 5) is 31.3. The number of likely N-dealkylation sites (N-methyl/N-ethyl adjacent to an activating group) is 1. The lowest BCUT2D eigenvalue weighted by molar-refractivity contribution is -0.121. The van der Waals surface area contributed by atoms with Crippen molar-refractivity contribution in [3.05, 3.63) is 104 Å². The first-order chi connectivity index (χ1) is 19.4. The lowest BCUT2D eigenvalue weighted by Gasteiger charge is -2.15. The summed E-state index contributed by atoms with van der Waals surface area (Å²) in [5, 5.41) is 2.86. The van der Waals surface area contributed by atoms with E-state index in [1.54, 1.807) is 38.4 Å². The number of carbonyl (C=O) groups excluding carboxylic acids is 2. The van der Waals surface area contributed by atoms with Crippen LogP contribution in [0.2, 0.25) is 0 Å². The summed E-state index contributed by atoms with van der Waals surface area (Å²) in [7, 11) is 4.63. The van der Waals surface area contributed by atoms with Gasteiger partial charge < -0.3 is 14.2 Å². The molecule has 202 valence electrons. The van der Waals surface area contributed by atoms with Gasteiger partial charge in [-0.15, -0.1) is 0 Å². The van der Waals surface area contributed by atoms with E-state index in [1.807, 2.05) is 36.4 Å². The molecular weight excluding hydrogens is 639 g/mol. The SMILES string of the molecule is COC(=O)c1ccc(N=C2SC(=Cc3cc(I)c(OCc4cccc5ccccc45)c(OC)c3)C(=O)N2C)cc1. The van der Waals surface area contributed by atoms with E-state index in [4.69, 9.17) is 14.2 Å². The van der Waals surface area contributed by atoms with Gasteiger partial charge in [0.25, 0.3) is 5.91 Å². The molecule has 4 aromatic rings. The van der Waals surface area contributed by atoms with E-state index in [1.165, 1.54) is 23.8 Å². The quantitative estimate of drug-likeness (QED) is 0.120. The average molecular weight is 665 g/mol. The highest BCUT2D eigenvalue weighted by Crippen LogP contribution is 2.38. The van der Waals surface area contributed by atoms with Crippen LogP contribution in [0.3, 0.4) is 0 Å². The molecule has 0 bridgehead atoms. The Morgan fingerprint density at radius 2 is 1.77 bits per heavy atom. The number of hydrogen-bond acceptors (Lipinski definition) is 7. The highest BCUT2D eigenvalue weighted by atomic mass is 127. The fourth-order valence-electron chi connectivity index (χ4n) is 4.23. The van der Waals surface area contributed by atoms with Crippen LogP contribution in [-0.2, 0) is 16.1 Å². The summed E-state index contributed by atoms with van der Waals surface area (Å²) in [6.45, 7) is 0.397. The fourth-order valence-corrected chi connectivity index (χ4v) is 6.00. The van der Waals surface area contributed by atoms with Crippen molar-refractivity contribution in [2.45, 2.75) is 6.61 Å². The van der Waals surface area contributed by atoms with E-state index < -0.39 is 5.97 Å². The van der Waals surface area contributed by atoms with Gasteiger partial charge in [-0.25, -0.2) is 9.79 Å². The van der Waals surface area contributed by atoms with Gasteiger partial charge >= 0.3 is 5.97 Å². The number of esters is 1. The van der Waals surface area contributed by atoms with E-state index >= 15 is 0 Å². The number of amides is 1. The topological polar surface area (TPSA) is 77.4 Å². The fraction of sp³-hybridized carbons (Fsp3) is 0.129. The first kappa shape index (κ1) is 27.7. The highest BCUT2D eigenvalue weighted by Gasteiger charge is 2.30. The predicted octanol–water partition coefficient (Wildman–Crippen LogP) is 7.05. The Kier molecular flexibility index (Phi) is 8.41. The molecule has 40 heavy (non-hydrogen) atoms. The number of benzene rings is 4. The molecule has 7 nitrogen and oxygen atoms in total. The molecule has 1 amide bonds. The molecular formula is C31H25IN2O5S. The van der Waals surface area contributed by atoms with E-state index in [2.05, 4.69) is 51.8 Å². The molecule has 0 radical (unpaired) electrons. The zero-order valence-corrected chi connectivity index (χ0v) is 25.0. The molecule has 1 saturated heterocycles. The zero-order valence-electron chi connectivity index (χ0n) is 22.0. The molecule has 0 spiro atoms. The van der Waals surface area contributed by atoms with Gasteiger partial charge in [0.15, 0.2) is 16.7 Å². The Hall–Kier alpha value is -3.83. The second kappa shape index (κ2) is 12.1. The van der Waals surface area contributed by atoms with Crippen molar-refractivity contribution in [1.82, 2.24) is 4.90 Å². The number of halogens is 1. The summed E-state index contributed by atoms with van der Waals surface area (Å²) in [6.07, 6.45) is 1.82. The number of thioether (sulfide) groups is 1. The van der Waals surface area contributed by atoms with Gasteiger partial charge in [-0.05, 0) is 98.7 Å². The molecule has 0 aliphatic carbocycles. The van der Waals surface area contributed by atoms with E-state index in [9.17, 15) is 9.59 Å². The second-order valence-electron chi connectivity index (χ2n) is 8.87. The van der Waals surface area contributed by atoms with E-state index in [0.717, 1.165) is 25.5 Å². The number of hydrogen-bond donors (Lipinski definition) is 0. The zero-order chi connectivity index (χ0) is 28.2. The van der Waals surface area contributed by atoms with Gasteiger partial charge in [0.05, 0.1) is 33.9 Å². The number of fused-ring (bicyclic) bond motifs is 1. The maximum atomic E-state index is 13.0. The molecule has 1 aliphatic heterocycles. The standard InChI is InChI=1S/C31H25IN2O5S/c1-34-29(35)27(40-31(34)33-23-13-11-21(12-14-23)30(36)38-3)17-19-15-25(32)28(26(16-19)37-2)39-18-22-9-6-8-20-7-4-5-10-24(20)22/h4-17H,18H2,1-3H3. The van der Waals surface area contributed by atoms with Crippen LogP contribution >= 0.6 is 34.4 Å². The first-order valence-corrected chi connectivity index (χ1v) is 14.2. The van der Waals surface area contributed by atoms with Gasteiger partial charge in [0, 0.05) is 7.05 Å². The molecule has 5 rings (SSSR count). The van der Waals surface area contributed by atoms with Gasteiger partial charge in [-0.1, -0.05) is 42.5 Å². The van der Waals surface area contributed by atoms with Gasteiger partial charge in [0.2, 0.25) is 0 Å². The molecule has 1 fully saturated rings. The molecule has 0 atom stereocenters. The van der Waals surface area contributed by atoms with Crippen LogP contribution in [0.1, 0.15) is 21.5 Å². The van der Waals surface area contributed by atoms with Crippen molar-refractivity contribution in [3.8, 4) is 11.5 Å². The Bertz CT molecular complexity index is 1660. The number of aliphatic imine (C=N–C) groups is 1. The summed E-state index contributed by atoms with van der Waals surface area (Å²) < 4.78 is 17.5. The third-order valence-electron chi connectivity index (χ3n) is 6.32. The molecule has 0 saturated carbocycles. The highest BCUT2D eigenvalue weighted by molar-refractivity contribution is 14.1. The van der Waals surface area contributed by atoms with Crippen LogP contribution in [0.15, 0.2) is 88.8 Å². The van der Waals surface area contributed by atoms with Crippen LogP contribution < -0.4 is 9.47 Å². The maximum Gasteiger partial charge on any atom is 0.337 e. The third-order valence-corrected chi connectivity index (χ3v) is 8.18. The van der Waals surface area contributed by atoms with Crippen molar-refractivity contribution in [2.75, 3.05) is 21.3 Å². The molecule has 1 aliphatic rings. The summed E-state index contributed by atoms with van der Waals surface area (Å²) in [5.74, 6) is 0.669. The Morgan fingerprint density at radius 3 is 2.52 bits per heavy atom. The summed E-state index contributed by atoms with van der Waals surface area (Å²) in [6, 6.07) is 24.9. The van der Waals surface area contributed by atoms with Gasteiger partial charge in [0.1, 0.15) is 6.61 Å². The van der Waals surface area contributed by atoms with Crippen LogP contribution in [0.5, 0.6) is 11.5 Å². The lowest BCUT2D eigenvalue weighted by atomic mass is 10.1. The number of nitrogens with zero attached hydrogens (tertiary/aromatic N) is 2. The molecule has 0 unspecified atom stereocenters. The minimum Gasteiger partial charge on any atom is -0.493 e. The predicted molar refractivity (Wildman–Crippen MR) is 167 cm³/mol. The summed E-state index contributed by atoms with van der Waals surface area (Å²) in [5.41, 5.74) is 2.96. The van der Waals surface area contributed by atoms with Crippen molar-refractivity contribution in [3.63, 3.8) is 0 Å². The van der Waals surface area contributed by atoms with Crippen molar-refractivity contribution in [2.24, 2.45) is 4.99 Å². The number of carbonyl (C=O) groups is 2. The summed E-state index contributed by atoms with van der Waals surface area (Å²) >= 11 is 3.51. The monoisotopic (exact) mass is 664 g/mol. The Labute approximate surface area is 250 Å². The Morgan fingerprint density at radius 1 is 1.02 bits per heavy atom. The average Bonchev–Trinajstić information content (AvgIpc) is 3.23. The third kappa shape index (κ3) is 5.85. The smallest absolute Gasteiger partial charge is 0.337 e. The molecule has 0 N–H and O–H groups in total. The van der Waals surface area contributed by atoms with Gasteiger partial charge in [-0.3, -0.25) is 9.69 Å².